The summed E-state index contributed by atoms with van der Waals surface area (Å²) < 4.78 is 7.02. The minimum absolute atomic E-state index is 0.939. The summed E-state index contributed by atoms with van der Waals surface area (Å²) in [5, 5.41) is 13.5. The Kier molecular flexibility index (Phi) is 7.56. The predicted molar refractivity (Wildman–Crippen MR) is 260 cm³/mol. The molecule has 5 aromatic heterocycles. The van der Waals surface area contributed by atoms with Crippen molar-refractivity contribution in [2.75, 3.05) is 0 Å². The molecule has 0 atom stereocenters. The average Bonchev–Trinajstić information content (AvgIpc) is 4.06. The first-order chi connectivity index (χ1) is 30.8. The van der Waals surface area contributed by atoms with Crippen LogP contribution >= 0.6 is 0 Å². The molecule has 5 nitrogen and oxygen atoms in total. The van der Waals surface area contributed by atoms with E-state index in [4.69, 9.17) is 9.97 Å². The maximum absolute atomic E-state index is 5.12. The number of rotatable bonds is 6. The molecule has 0 saturated heterocycles. The van der Waals surface area contributed by atoms with Crippen LogP contribution < -0.4 is 20.7 Å². The Hall–Kier alpha value is -8.06. The Bertz CT molecular complexity index is 3830. The predicted octanol–water partition coefficient (Wildman–Crippen LogP) is 10.6. The first kappa shape index (κ1) is 34.8. The number of benzene rings is 8. The van der Waals surface area contributed by atoms with Crippen molar-refractivity contribution in [2.45, 2.75) is 0 Å². The second-order valence-electron chi connectivity index (χ2n) is 16.2. The molecular weight excluding hydrogens is 771 g/mol. The smallest absolute Gasteiger partial charge is 0.179 e. The average molecular weight is 808 g/mol. The zero-order valence-corrected chi connectivity index (χ0v) is 34.6. The molecule has 62 heavy (non-hydrogen) atoms. The molecule has 0 radical (unpaired) electrons. The molecule has 0 fully saturated rings. The Morgan fingerprint density at radius 2 is 0.871 bits per heavy atom. The van der Waals surface area contributed by atoms with Gasteiger partial charge in [-0.25, -0.2) is 9.97 Å². The van der Waals surface area contributed by atoms with E-state index in [1.54, 1.807) is 0 Å². The molecule has 0 aliphatic heterocycles. The highest BCUT2D eigenvalue weighted by molar-refractivity contribution is 7.20. The van der Waals surface area contributed by atoms with Crippen LogP contribution in [0.4, 0.5) is 0 Å². The van der Waals surface area contributed by atoms with Crippen molar-refractivity contribution in [1.29, 1.82) is 0 Å². The largest absolute Gasteiger partial charge is 0.309 e. The zero-order valence-electron chi connectivity index (χ0n) is 33.6. The van der Waals surface area contributed by atoms with Gasteiger partial charge in [-0.2, -0.15) is 0 Å². The fourth-order valence-corrected chi connectivity index (χ4v) is 15.3. The second-order valence-corrected chi connectivity index (χ2v) is 20.0. The molecule has 0 amide bonds. The number of para-hydroxylation sites is 3. The summed E-state index contributed by atoms with van der Waals surface area (Å²) in [5.74, 6) is 0. The highest BCUT2D eigenvalue weighted by atomic mass is 28.3. The van der Waals surface area contributed by atoms with Crippen LogP contribution in [0.25, 0.3) is 82.4 Å². The van der Waals surface area contributed by atoms with E-state index in [1.807, 2.05) is 12.4 Å². The summed E-state index contributed by atoms with van der Waals surface area (Å²) in [6.07, 6.45) is 5.92. The molecule has 0 N–H and O–H groups in total. The highest BCUT2D eigenvalue weighted by Crippen LogP contribution is 2.39. The van der Waals surface area contributed by atoms with Gasteiger partial charge in [0.15, 0.2) is 8.07 Å². The minimum atomic E-state index is -3.02. The van der Waals surface area contributed by atoms with Crippen LogP contribution in [0.5, 0.6) is 0 Å². The fraction of sp³-hybridized carbons (Fsp3) is 0. The lowest BCUT2D eigenvalue weighted by Crippen LogP contribution is -2.74. The van der Waals surface area contributed by atoms with Gasteiger partial charge >= 0.3 is 0 Å². The van der Waals surface area contributed by atoms with E-state index in [1.165, 1.54) is 58.7 Å². The molecular formula is C56H37N5Si. The third-order valence-electron chi connectivity index (χ3n) is 13.1. The summed E-state index contributed by atoms with van der Waals surface area (Å²) in [6, 6.07) is 76.0. The second kappa shape index (κ2) is 13.5. The van der Waals surface area contributed by atoms with E-state index in [0.717, 1.165) is 44.5 Å². The van der Waals surface area contributed by atoms with Gasteiger partial charge in [-0.15, -0.1) is 0 Å². The van der Waals surface area contributed by atoms with Crippen molar-refractivity contribution >= 4 is 99.9 Å². The van der Waals surface area contributed by atoms with E-state index in [2.05, 4.69) is 226 Å². The maximum atomic E-state index is 5.12. The van der Waals surface area contributed by atoms with Crippen LogP contribution in [0.15, 0.2) is 225 Å². The van der Waals surface area contributed by atoms with E-state index >= 15 is 0 Å². The number of imidazole rings is 1. The van der Waals surface area contributed by atoms with Gasteiger partial charge in [0.2, 0.25) is 0 Å². The maximum Gasteiger partial charge on any atom is 0.179 e. The van der Waals surface area contributed by atoms with E-state index < -0.39 is 8.07 Å². The fourth-order valence-electron chi connectivity index (χ4n) is 10.5. The Balaban J connectivity index is 1.12. The van der Waals surface area contributed by atoms with E-state index in [-0.39, 0.29) is 0 Å². The van der Waals surface area contributed by atoms with Crippen molar-refractivity contribution in [2.24, 2.45) is 0 Å². The molecule has 290 valence electrons. The van der Waals surface area contributed by atoms with Crippen molar-refractivity contribution in [1.82, 2.24) is 23.5 Å². The van der Waals surface area contributed by atoms with Gasteiger partial charge in [0.25, 0.3) is 0 Å². The van der Waals surface area contributed by atoms with Crippen molar-refractivity contribution < 1.29 is 0 Å². The SMILES string of the molecule is c1ccc(-n2c3ccccc3c3cc4c(cc32)c2cccnc2n4-c2cccc([Si](c3ccccc3)(c3ccccc3)c3ccc4c5ccccc5n5ccnc5c4c3)c2)cc1. The lowest BCUT2D eigenvalue weighted by Gasteiger charge is -2.35. The lowest BCUT2D eigenvalue weighted by atomic mass is 10.1. The molecule has 0 aliphatic carbocycles. The summed E-state index contributed by atoms with van der Waals surface area (Å²) >= 11 is 0. The van der Waals surface area contributed by atoms with Gasteiger partial charge in [0, 0.05) is 62.3 Å². The van der Waals surface area contributed by atoms with E-state index in [0.29, 0.717) is 0 Å². The van der Waals surface area contributed by atoms with Crippen LogP contribution in [-0.4, -0.2) is 31.6 Å². The molecule has 0 saturated carbocycles. The third-order valence-corrected chi connectivity index (χ3v) is 17.8. The Morgan fingerprint density at radius 3 is 1.63 bits per heavy atom. The molecule has 0 aliphatic rings. The molecule has 0 bridgehead atoms. The molecule has 6 heteroatoms. The van der Waals surface area contributed by atoms with Crippen LogP contribution in [0.2, 0.25) is 0 Å². The number of hydrogen-bond donors (Lipinski definition) is 0. The van der Waals surface area contributed by atoms with Gasteiger partial charge in [-0.3, -0.25) is 8.97 Å². The molecule has 13 aromatic rings. The third kappa shape index (κ3) is 4.89. The normalized spacial score (nSPS) is 12.2. The monoisotopic (exact) mass is 807 g/mol. The summed E-state index contributed by atoms with van der Waals surface area (Å²) in [7, 11) is -3.02. The number of fused-ring (bicyclic) bond motifs is 12. The molecule has 13 rings (SSSR count). The zero-order chi connectivity index (χ0) is 40.8. The van der Waals surface area contributed by atoms with E-state index in [9.17, 15) is 0 Å². The minimum Gasteiger partial charge on any atom is -0.309 e. The molecule has 0 unspecified atom stereocenters. The van der Waals surface area contributed by atoms with Crippen LogP contribution in [0, 0.1) is 0 Å². The molecule has 5 heterocycles. The quantitative estimate of drug-likeness (QED) is 0.0954. The summed E-state index contributed by atoms with van der Waals surface area (Å²) in [4.78, 5) is 10.1. The standard InChI is InChI=1S/C56H37N5Si/c1-4-16-38(17-5-1)60-52-28-13-11-25-46(52)48-36-54-49(37-53(48)60)47-26-15-31-57-56(47)61(54)39-18-14-23-42(34-39)62(40-19-6-2-7-20-40,41-21-8-3-9-22-41)43-29-30-44-45-24-10-12-27-51(45)59-33-32-58-55(59)50(44)35-43/h1-37H. The van der Waals surface area contributed by atoms with Crippen LogP contribution in [0.1, 0.15) is 0 Å². The van der Waals surface area contributed by atoms with Gasteiger partial charge in [-0.1, -0.05) is 146 Å². The van der Waals surface area contributed by atoms with Crippen molar-refractivity contribution in [3.8, 4) is 11.4 Å². The summed E-state index contributed by atoms with van der Waals surface area (Å²) in [6.45, 7) is 0. The number of aromatic nitrogens is 5. The van der Waals surface area contributed by atoms with Gasteiger partial charge in [-0.05, 0) is 86.8 Å². The number of hydrogen-bond acceptors (Lipinski definition) is 2. The first-order valence-electron chi connectivity index (χ1n) is 21.2. The highest BCUT2D eigenvalue weighted by Gasteiger charge is 2.42. The van der Waals surface area contributed by atoms with Gasteiger partial charge in [0.1, 0.15) is 11.3 Å². The summed E-state index contributed by atoms with van der Waals surface area (Å²) in [5.41, 5.74) is 8.79. The molecule has 8 aromatic carbocycles. The number of nitrogens with zero attached hydrogens (tertiary/aromatic N) is 5. The number of pyridine rings is 2. The first-order valence-corrected chi connectivity index (χ1v) is 23.2. The van der Waals surface area contributed by atoms with Gasteiger partial charge in [0.05, 0.1) is 22.1 Å². The Morgan fingerprint density at radius 1 is 0.306 bits per heavy atom. The van der Waals surface area contributed by atoms with Crippen LogP contribution in [-0.2, 0) is 0 Å². The molecule has 0 spiro atoms. The van der Waals surface area contributed by atoms with Crippen molar-refractivity contribution in [3.05, 3.63) is 225 Å². The van der Waals surface area contributed by atoms with Gasteiger partial charge < -0.3 is 4.57 Å². The Labute approximate surface area is 358 Å². The van der Waals surface area contributed by atoms with Crippen molar-refractivity contribution in [3.63, 3.8) is 0 Å². The lowest BCUT2D eigenvalue weighted by molar-refractivity contribution is 1.14. The van der Waals surface area contributed by atoms with Crippen LogP contribution in [0.3, 0.4) is 0 Å². The topological polar surface area (TPSA) is 40.0 Å².